The molecule has 160 valence electrons. The molecule has 8 heteroatoms. The lowest BCUT2D eigenvalue weighted by atomic mass is 9.91. The van der Waals surface area contributed by atoms with E-state index in [0.29, 0.717) is 50.2 Å². The summed E-state index contributed by atoms with van der Waals surface area (Å²) in [6, 6.07) is 5.13. The lowest BCUT2D eigenvalue weighted by molar-refractivity contribution is -0.141. The Kier molecular flexibility index (Phi) is 5.17. The molecule has 8 nitrogen and oxygen atoms in total. The Hall–Kier alpha value is -3.03. The van der Waals surface area contributed by atoms with Crippen molar-refractivity contribution in [2.45, 2.75) is 51.7 Å². The Bertz CT molecular complexity index is 1050. The van der Waals surface area contributed by atoms with E-state index >= 15 is 0 Å². The van der Waals surface area contributed by atoms with Gasteiger partial charge in [-0.3, -0.25) is 4.79 Å². The third-order valence-corrected chi connectivity index (χ3v) is 5.92. The van der Waals surface area contributed by atoms with Crippen LogP contribution in [-0.2, 0) is 16.0 Å². The molecule has 0 bridgehead atoms. The maximum atomic E-state index is 13.0. The third-order valence-electron chi connectivity index (χ3n) is 5.92. The Morgan fingerprint density at radius 3 is 2.63 bits per heavy atom. The van der Waals surface area contributed by atoms with E-state index in [1.54, 1.807) is 17.9 Å². The average Bonchev–Trinajstić information content (AvgIpc) is 3.06. The van der Waals surface area contributed by atoms with Gasteiger partial charge in [0.1, 0.15) is 16.9 Å². The SMILES string of the molecule is CCc1cc(=O)oc2cc(C)cc(OC(C)C(=O)N3CCC4(CC3)CNC(=O)O4)c12. The number of nitrogens with zero attached hydrogens (tertiary/aromatic N) is 1. The molecule has 2 saturated heterocycles. The van der Waals surface area contributed by atoms with Crippen LogP contribution in [-0.4, -0.2) is 48.2 Å². The van der Waals surface area contributed by atoms with Gasteiger partial charge in [0.05, 0.1) is 11.9 Å². The van der Waals surface area contributed by atoms with Gasteiger partial charge in [-0.2, -0.15) is 0 Å². The quantitative estimate of drug-likeness (QED) is 0.772. The van der Waals surface area contributed by atoms with E-state index in [9.17, 15) is 14.4 Å². The normalized spacial score (nSPS) is 18.9. The van der Waals surface area contributed by atoms with Gasteiger partial charge in [-0.25, -0.2) is 9.59 Å². The molecule has 1 unspecified atom stereocenters. The third kappa shape index (κ3) is 3.74. The van der Waals surface area contributed by atoms with Crippen LogP contribution in [0.5, 0.6) is 5.75 Å². The molecule has 0 saturated carbocycles. The van der Waals surface area contributed by atoms with Crippen molar-refractivity contribution in [3.8, 4) is 5.75 Å². The molecule has 2 aromatic rings. The fourth-order valence-corrected chi connectivity index (χ4v) is 4.26. The highest BCUT2D eigenvalue weighted by Gasteiger charge is 2.44. The van der Waals surface area contributed by atoms with E-state index in [1.165, 1.54) is 6.07 Å². The molecule has 1 aromatic carbocycles. The maximum Gasteiger partial charge on any atom is 0.407 e. The molecule has 1 atom stereocenters. The molecular weight excluding hydrogens is 388 g/mol. The van der Waals surface area contributed by atoms with Gasteiger partial charge in [0.15, 0.2) is 6.10 Å². The van der Waals surface area contributed by atoms with Crippen LogP contribution >= 0.6 is 0 Å². The van der Waals surface area contributed by atoms with E-state index in [2.05, 4.69) is 5.32 Å². The second-order valence-electron chi connectivity index (χ2n) is 8.09. The number of amides is 2. The molecule has 2 aliphatic heterocycles. The number of hydrogen-bond donors (Lipinski definition) is 1. The van der Waals surface area contributed by atoms with Crippen molar-refractivity contribution in [2.24, 2.45) is 0 Å². The van der Waals surface area contributed by atoms with Gasteiger partial charge in [0, 0.05) is 32.0 Å². The molecule has 1 aromatic heterocycles. The van der Waals surface area contributed by atoms with Crippen LogP contribution in [0, 0.1) is 6.92 Å². The summed E-state index contributed by atoms with van der Waals surface area (Å²) in [7, 11) is 0. The smallest absolute Gasteiger partial charge is 0.407 e. The number of hydrogen-bond acceptors (Lipinski definition) is 6. The van der Waals surface area contributed by atoms with Crippen molar-refractivity contribution in [1.29, 1.82) is 0 Å². The van der Waals surface area contributed by atoms with E-state index in [0.717, 1.165) is 16.5 Å². The van der Waals surface area contributed by atoms with Crippen molar-refractivity contribution in [3.05, 3.63) is 39.7 Å². The summed E-state index contributed by atoms with van der Waals surface area (Å²) in [6.45, 7) is 7.07. The van der Waals surface area contributed by atoms with Gasteiger partial charge in [0.2, 0.25) is 0 Å². The fourth-order valence-electron chi connectivity index (χ4n) is 4.26. The number of nitrogens with one attached hydrogen (secondary N) is 1. The van der Waals surface area contributed by atoms with Gasteiger partial charge >= 0.3 is 11.7 Å². The molecular formula is C22H26N2O6. The first-order valence-corrected chi connectivity index (χ1v) is 10.3. The Morgan fingerprint density at radius 2 is 2.00 bits per heavy atom. The van der Waals surface area contributed by atoms with Crippen LogP contribution in [0.25, 0.3) is 11.0 Å². The zero-order valence-electron chi connectivity index (χ0n) is 17.4. The Morgan fingerprint density at radius 1 is 1.27 bits per heavy atom. The number of likely N-dealkylation sites (tertiary alicyclic amines) is 1. The summed E-state index contributed by atoms with van der Waals surface area (Å²) in [5.41, 5.74) is 1.27. The van der Waals surface area contributed by atoms with Crippen molar-refractivity contribution in [1.82, 2.24) is 10.2 Å². The minimum Gasteiger partial charge on any atom is -0.480 e. The predicted octanol–water partition coefficient (Wildman–Crippen LogP) is 2.53. The number of carbonyl (C=O) groups is 2. The molecule has 4 rings (SSSR count). The molecule has 3 heterocycles. The summed E-state index contributed by atoms with van der Waals surface area (Å²) in [6.07, 6.45) is 0.747. The average molecular weight is 414 g/mol. The van der Waals surface area contributed by atoms with Crippen LogP contribution in [0.15, 0.2) is 27.4 Å². The molecule has 0 radical (unpaired) electrons. The highest BCUT2D eigenvalue weighted by atomic mass is 16.6. The van der Waals surface area contributed by atoms with Gasteiger partial charge in [0.25, 0.3) is 5.91 Å². The summed E-state index contributed by atoms with van der Waals surface area (Å²) in [5.74, 6) is 0.418. The second-order valence-corrected chi connectivity index (χ2v) is 8.09. The Balaban J connectivity index is 1.52. The molecule has 1 N–H and O–H groups in total. The highest BCUT2D eigenvalue weighted by Crippen LogP contribution is 2.32. The standard InChI is InChI=1S/C22H26N2O6/c1-4-15-11-18(25)29-17-10-13(2)9-16(19(15)17)28-14(3)20(26)24-7-5-22(6-8-24)12-23-21(27)30-22/h9-11,14H,4-8,12H2,1-3H3,(H,23,27). The topological polar surface area (TPSA) is 98.1 Å². The van der Waals surface area contributed by atoms with E-state index in [1.807, 2.05) is 19.9 Å². The first kappa shape index (κ1) is 20.3. The number of carbonyl (C=O) groups excluding carboxylic acids is 2. The number of alkyl carbamates (subject to hydrolysis) is 1. The monoisotopic (exact) mass is 414 g/mol. The van der Waals surface area contributed by atoms with Crippen LogP contribution in [0.3, 0.4) is 0 Å². The zero-order chi connectivity index (χ0) is 21.5. The molecule has 0 aliphatic carbocycles. The van der Waals surface area contributed by atoms with Crippen molar-refractivity contribution < 1.29 is 23.5 Å². The summed E-state index contributed by atoms with van der Waals surface area (Å²) in [5, 5.41) is 3.42. The summed E-state index contributed by atoms with van der Waals surface area (Å²) < 4.78 is 16.9. The van der Waals surface area contributed by atoms with E-state index in [4.69, 9.17) is 13.9 Å². The summed E-state index contributed by atoms with van der Waals surface area (Å²) in [4.78, 5) is 38.0. The number of benzene rings is 1. The van der Waals surface area contributed by atoms with Crippen molar-refractivity contribution in [3.63, 3.8) is 0 Å². The largest absolute Gasteiger partial charge is 0.480 e. The zero-order valence-corrected chi connectivity index (χ0v) is 17.4. The predicted molar refractivity (Wildman–Crippen MR) is 110 cm³/mol. The highest BCUT2D eigenvalue weighted by molar-refractivity contribution is 5.88. The second kappa shape index (κ2) is 7.66. The maximum absolute atomic E-state index is 13.0. The number of aryl methyl sites for hydroxylation is 2. The minimum absolute atomic E-state index is 0.118. The number of rotatable bonds is 4. The summed E-state index contributed by atoms with van der Waals surface area (Å²) >= 11 is 0. The van der Waals surface area contributed by atoms with Crippen LogP contribution in [0.1, 0.15) is 37.8 Å². The molecule has 2 amide bonds. The lowest BCUT2D eigenvalue weighted by Crippen LogP contribution is -2.51. The van der Waals surface area contributed by atoms with Crippen molar-refractivity contribution in [2.75, 3.05) is 19.6 Å². The first-order chi connectivity index (χ1) is 14.3. The fraction of sp³-hybridized carbons (Fsp3) is 0.500. The van der Waals surface area contributed by atoms with Gasteiger partial charge in [-0.05, 0) is 43.5 Å². The molecule has 2 fully saturated rings. The van der Waals surface area contributed by atoms with Gasteiger partial charge in [-0.15, -0.1) is 0 Å². The number of ether oxygens (including phenoxy) is 2. The first-order valence-electron chi connectivity index (χ1n) is 10.3. The molecule has 30 heavy (non-hydrogen) atoms. The van der Waals surface area contributed by atoms with E-state index in [-0.39, 0.29) is 5.91 Å². The molecule has 1 spiro atoms. The lowest BCUT2D eigenvalue weighted by Gasteiger charge is -2.38. The van der Waals surface area contributed by atoms with Gasteiger partial charge in [-0.1, -0.05) is 6.92 Å². The van der Waals surface area contributed by atoms with Gasteiger partial charge < -0.3 is 24.1 Å². The van der Waals surface area contributed by atoms with Crippen LogP contribution in [0.4, 0.5) is 4.79 Å². The van der Waals surface area contributed by atoms with E-state index < -0.39 is 23.4 Å². The number of fused-ring (bicyclic) bond motifs is 1. The Labute approximate surface area is 174 Å². The minimum atomic E-state index is -0.704. The number of piperidine rings is 1. The van der Waals surface area contributed by atoms with Crippen LogP contribution in [0.2, 0.25) is 0 Å². The van der Waals surface area contributed by atoms with Crippen molar-refractivity contribution >= 4 is 23.0 Å². The molecule has 2 aliphatic rings. The van der Waals surface area contributed by atoms with Crippen LogP contribution < -0.4 is 15.7 Å².